The molecule has 0 atom stereocenters. The Morgan fingerprint density at radius 3 is 3.00 bits per heavy atom. The van der Waals surface area contributed by atoms with E-state index in [0.717, 1.165) is 18.8 Å². The Kier molecular flexibility index (Phi) is 3.47. The van der Waals surface area contributed by atoms with Crippen molar-refractivity contribution >= 4 is 0 Å². The van der Waals surface area contributed by atoms with Crippen LogP contribution in [0, 0.1) is 18.3 Å². The Hall–Kier alpha value is -1.34. The number of rotatable bonds is 4. The summed E-state index contributed by atoms with van der Waals surface area (Å²) in [7, 11) is 1.91. The van der Waals surface area contributed by atoms with E-state index >= 15 is 0 Å². The second-order valence-corrected chi connectivity index (χ2v) is 3.00. The monoisotopic (exact) mass is 178 g/mol. The van der Waals surface area contributed by atoms with Crippen LogP contribution in [0.2, 0.25) is 0 Å². The molecule has 70 valence electrons. The first kappa shape index (κ1) is 9.75. The molecule has 0 amide bonds. The minimum Gasteiger partial charge on any atom is -0.312 e. The molecule has 0 aliphatic carbocycles. The van der Waals surface area contributed by atoms with E-state index in [2.05, 4.69) is 16.5 Å². The van der Waals surface area contributed by atoms with E-state index < -0.39 is 0 Å². The molecule has 4 nitrogen and oxygen atoms in total. The summed E-state index contributed by atoms with van der Waals surface area (Å²) in [5.41, 5.74) is 2.24. The zero-order chi connectivity index (χ0) is 9.68. The van der Waals surface area contributed by atoms with E-state index in [1.165, 1.54) is 5.56 Å². The summed E-state index contributed by atoms with van der Waals surface area (Å²) in [5.74, 6) is 0. The molecule has 0 saturated carbocycles. The molecule has 13 heavy (non-hydrogen) atoms. The molecule has 0 aromatic carbocycles. The maximum atomic E-state index is 8.32. The molecule has 0 bridgehead atoms. The number of nitriles is 1. The first-order chi connectivity index (χ1) is 6.24. The topological polar surface area (TPSA) is 53.6 Å². The average Bonchev–Trinajstić information content (AvgIpc) is 2.39. The predicted octanol–water partition coefficient (Wildman–Crippen LogP) is 0.732. The Morgan fingerprint density at radius 1 is 1.69 bits per heavy atom. The Bertz CT molecular complexity index is 308. The van der Waals surface area contributed by atoms with Crippen molar-refractivity contribution in [3.05, 3.63) is 17.5 Å². The van der Waals surface area contributed by atoms with Crippen LogP contribution in [-0.4, -0.2) is 16.3 Å². The van der Waals surface area contributed by atoms with Crippen LogP contribution >= 0.6 is 0 Å². The minimum atomic E-state index is 0.555. The van der Waals surface area contributed by atoms with Crippen LogP contribution in [-0.2, 0) is 13.6 Å². The lowest BCUT2D eigenvalue weighted by molar-refractivity contribution is 0.696. The molecule has 4 heteroatoms. The highest BCUT2D eigenvalue weighted by Crippen LogP contribution is 2.03. The number of hydrogen-bond acceptors (Lipinski definition) is 3. The number of aromatic nitrogens is 2. The van der Waals surface area contributed by atoms with Crippen molar-refractivity contribution in [3.8, 4) is 6.07 Å². The van der Waals surface area contributed by atoms with Crippen LogP contribution in [0.3, 0.4) is 0 Å². The number of nitrogens with zero attached hydrogens (tertiary/aromatic N) is 3. The Morgan fingerprint density at radius 2 is 2.46 bits per heavy atom. The molecule has 1 N–H and O–H groups in total. The first-order valence-corrected chi connectivity index (χ1v) is 4.31. The summed E-state index contributed by atoms with van der Waals surface area (Å²) >= 11 is 0. The normalized spacial score (nSPS) is 9.92. The molecular formula is C9H14N4. The number of hydrogen-bond donors (Lipinski definition) is 1. The van der Waals surface area contributed by atoms with Gasteiger partial charge in [-0.2, -0.15) is 10.4 Å². The number of nitrogens with one attached hydrogen (secondary N) is 1. The van der Waals surface area contributed by atoms with Gasteiger partial charge >= 0.3 is 0 Å². The van der Waals surface area contributed by atoms with Crippen LogP contribution in [0.25, 0.3) is 0 Å². The smallest absolute Gasteiger partial charge is 0.0638 e. The van der Waals surface area contributed by atoms with Crippen molar-refractivity contribution in [1.82, 2.24) is 15.1 Å². The first-order valence-electron chi connectivity index (χ1n) is 4.31. The third kappa shape index (κ3) is 2.88. The largest absolute Gasteiger partial charge is 0.312 e. The van der Waals surface area contributed by atoms with E-state index in [4.69, 9.17) is 5.26 Å². The summed E-state index contributed by atoms with van der Waals surface area (Å²) in [6.45, 7) is 3.52. The molecular weight excluding hydrogens is 164 g/mol. The van der Waals surface area contributed by atoms with Crippen molar-refractivity contribution in [2.75, 3.05) is 6.54 Å². The van der Waals surface area contributed by atoms with Crippen LogP contribution in [0.15, 0.2) is 6.20 Å². The molecule has 0 radical (unpaired) electrons. The minimum absolute atomic E-state index is 0.555. The summed E-state index contributed by atoms with van der Waals surface area (Å²) < 4.78 is 1.80. The van der Waals surface area contributed by atoms with Crippen molar-refractivity contribution < 1.29 is 0 Å². The lowest BCUT2D eigenvalue weighted by Crippen LogP contribution is -2.14. The van der Waals surface area contributed by atoms with Crippen LogP contribution in [0.4, 0.5) is 0 Å². The lowest BCUT2D eigenvalue weighted by Gasteiger charge is -1.99. The number of aryl methyl sites for hydroxylation is 2. The van der Waals surface area contributed by atoms with Crippen molar-refractivity contribution in [2.24, 2.45) is 7.05 Å². The van der Waals surface area contributed by atoms with E-state index in [1.807, 2.05) is 20.2 Å². The maximum Gasteiger partial charge on any atom is 0.0638 e. The van der Waals surface area contributed by atoms with Gasteiger partial charge in [0.1, 0.15) is 0 Å². The molecule has 1 aromatic heterocycles. The standard InChI is InChI=1S/C9H14N4/c1-8-9(7-13(2)12-8)6-11-5-3-4-10/h7,11H,3,5-6H2,1-2H3. The van der Waals surface area contributed by atoms with Gasteiger partial charge in [-0.05, 0) is 6.92 Å². The van der Waals surface area contributed by atoms with Gasteiger partial charge in [-0.3, -0.25) is 4.68 Å². The summed E-state index contributed by atoms with van der Waals surface area (Å²) in [6, 6.07) is 2.09. The maximum absolute atomic E-state index is 8.32. The van der Waals surface area contributed by atoms with Crippen molar-refractivity contribution in [3.63, 3.8) is 0 Å². The zero-order valence-corrected chi connectivity index (χ0v) is 8.04. The van der Waals surface area contributed by atoms with E-state index in [1.54, 1.807) is 4.68 Å². The van der Waals surface area contributed by atoms with Crippen LogP contribution in [0.5, 0.6) is 0 Å². The van der Waals surface area contributed by atoms with E-state index in [-0.39, 0.29) is 0 Å². The second-order valence-electron chi connectivity index (χ2n) is 3.00. The molecule has 1 rings (SSSR count). The molecule has 1 aromatic rings. The Balaban J connectivity index is 2.37. The fourth-order valence-corrected chi connectivity index (χ4v) is 1.19. The third-order valence-corrected chi connectivity index (χ3v) is 1.84. The second kappa shape index (κ2) is 4.63. The molecule has 0 aliphatic heterocycles. The zero-order valence-electron chi connectivity index (χ0n) is 8.04. The van der Waals surface area contributed by atoms with Gasteiger partial charge in [0.15, 0.2) is 0 Å². The average molecular weight is 178 g/mol. The highest BCUT2D eigenvalue weighted by Gasteiger charge is 2.00. The predicted molar refractivity (Wildman–Crippen MR) is 49.9 cm³/mol. The van der Waals surface area contributed by atoms with Gasteiger partial charge in [0.25, 0.3) is 0 Å². The summed E-state index contributed by atoms with van der Waals surface area (Å²) in [6.07, 6.45) is 2.55. The molecule has 0 fully saturated rings. The van der Waals surface area contributed by atoms with Gasteiger partial charge in [0, 0.05) is 38.3 Å². The molecule has 0 spiro atoms. The third-order valence-electron chi connectivity index (χ3n) is 1.84. The van der Waals surface area contributed by atoms with Crippen molar-refractivity contribution in [1.29, 1.82) is 5.26 Å². The molecule has 1 heterocycles. The fraction of sp³-hybridized carbons (Fsp3) is 0.556. The summed E-state index contributed by atoms with van der Waals surface area (Å²) in [5, 5.41) is 15.7. The Labute approximate surface area is 78.2 Å². The molecule has 0 aliphatic rings. The SMILES string of the molecule is Cc1nn(C)cc1CNCCC#N. The molecule has 0 unspecified atom stereocenters. The van der Waals surface area contributed by atoms with Gasteiger partial charge in [-0.25, -0.2) is 0 Å². The lowest BCUT2D eigenvalue weighted by atomic mass is 10.2. The van der Waals surface area contributed by atoms with Gasteiger partial charge < -0.3 is 5.32 Å². The highest BCUT2D eigenvalue weighted by atomic mass is 15.2. The molecule has 0 saturated heterocycles. The summed E-state index contributed by atoms with van der Waals surface area (Å²) in [4.78, 5) is 0. The van der Waals surface area contributed by atoms with Gasteiger partial charge in [0.05, 0.1) is 11.8 Å². The van der Waals surface area contributed by atoms with Gasteiger partial charge in [-0.1, -0.05) is 0 Å². The fourth-order valence-electron chi connectivity index (χ4n) is 1.19. The van der Waals surface area contributed by atoms with Gasteiger partial charge in [-0.15, -0.1) is 0 Å². The van der Waals surface area contributed by atoms with Crippen molar-refractivity contribution in [2.45, 2.75) is 19.9 Å². The van der Waals surface area contributed by atoms with Crippen LogP contribution < -0.4 is 5.32 Å². The quantitative estimate of drug-likeness (QED) is 0.691. The van der Waals surface area contributed by atoms with Gasteiger partial charge in [0.2, 0.25) is 0 Å². The highest BCUT2D eigenvalue weighted by molar-refractivity contribution is 5.14. The van der Waals surface area contributed by atoms with E-state index in [9.17, 15) is 0 Å². The van der Waals surface area contributed by atoms with Crippen LogP contribution in [0.1, 0.15) is 17.7 Å². The van der Waals surface area contributed by atoms with E-state index in [0.29, 0.717) is 6.42 Å².